The van der Waals surface area contributed by atoms with Gasteiger partial charge in [-0.15, -0.1) is 0 Å². The Morgan fingerprint density at radius 2 is 1.45 bits per heavy atom. The fourth-order valence-corrected chi connectivity index (χ4v) is 3.58. The molecule has 4 nitrogen and oxygen atoms in total. The molecule has 4 heteroatoms. The van der Waals surface area contributed by atoms with Gasteiger partial charge in [-0.3, -0.25) is 4.79 Å². The maximum atomic E-state index is 12.4. The van der Waals surface area contributed by atoms with Crippen molar-refractivity contribution in [2.24, 2.45) is 5.92 Å². The quantitative estimate of drug-likeness (QED) is 0.177. The van der Waals surface area contributed by atoms with E-state index in [9.17, 15) is 4.79 Å². The Labute approximate surface area is 200 Å². The number of carbonyl (C=O) groups is 1. The SMILES string of the molecule is CCC(C)C(=O)c1ccc(OCCCCCOCCCCCOCc2ccccc2)cc1C. The van der Waals surface area contributed by atoms with E-state index in [-0.39, 0.29) is 11.7 Å². The fourth-order valence-electron chi connectivity index (χ4n) is 3.58. The van der Waals surface area contributed by atoms with Crippen molar-refractivity contribution in [3.63, 3.8) is 0 Å². The molecule has 0 aliphatic heterocycles. The summed E-state index contributed by atoms with van der Waals surface area (Å²) >= 11 is 0. The molecule has 0 aliphatic carbocycles. The second kappa shape index (κ2) is 16.4. The van der Waals surface area contributed by atoms with Crippen molar-refractivity contribution in [1.82, 2.24) is 0 Å². The Morgan fingerprint density at radius 3 is 2.09 bits per heavy atom. The molecule has 33 heavy (non-hydrogen) atoms. The Bertz CT molecular complexity index is 787. The molecule has 1 atom stereocenters. The lowest BCUT2D eigenvalue weighted by molar-refractivity contribution is 0.0926. The third-order valence-corrected chi connectivity index (χ3v) is 5.91. The summed E-state index contributed by atoms with van der Waals surface area (Å²) in [6.45, 7) is 9.87. The first-order chi connectivity index (χ1) is 16.1. The first-order valence-electron chi connectivity index (χ1n) is 12.6. The van der Waals surface area contributed by atoms with E-state index in [1.807, 2.05) is 57.2 Å². The van der Waals surface area contributed by atoms with Crippen molar-refractivity contribution in [3.05, 3.63) is 65.2 Å². The second-order valence-electron chi connectivity index (χ2n) is 8.77. The van der Waals surface area contributed by atoms with Crippen LogP contribution in [0.3, 0.4) is 0 Å². The minimum atomic E-state index is 0.0663. The predicted octanol–water partition coefficient (Wildman–Crippen LogP) is 7.18. The Kier molecular flexibility index (Phi) is 13.5. The van der Waals surface area contributed by atoms with E-state index < -0.39 is 0 Å². The molecule has 1 unspecified atom stereocenters. The van der Waals surface area contributed by atoms with Crippen LogP contribution in [0.15, 0.2) is 48.5 Å². The van der Waals surface area contributed by atoms with Gasteiger partial charge in [0, 0.05) is 31.3 Å². The molecule has 182 valence electrons. The van der Waals surface area contributed by atoms with E-state index >= 15 is 0 Å². The molecule has 0 saturated heterocycles. The predicted molar refractivity (Wildman–Crippen MR) is 135 cm³/mol. The lowest BCUT2D eigenvalue weighted by atomic mass is 9.94. The Balaban J connectivity index is 1.41. The van der Waals surface area contributed by atoms with Gasteiger partial charge in [0.05, 0.1) is 13.2 Å². The van der Waals surface area contributed by atoms with Crippen LogP contribution in [0, 0.1) is 12.8 Å². The highest BCUT2D eigenvalue weighted by Gasteiger charge is 2.15. The number of hydrogen-bond acceptors (Lipinski definition) is 4. The second-order valence-corrected chi connectivity index (χ2v) is 8.77. The number of rotatable bonds is 18. The van der Waals surface area contributed by atoms with Crippen LogP contribution in [0.25, 0.3) is 0 Å². The highest BCUT2D eigenvalue weighted by Crippen LogP contribution is 2.21. The molecule has 0 radical (unpaired) electrons. The monoisotopic (exact) mass is 454 g/mol. The van der Waals surface area contributed by atoms with Gasteiger partial charge < -0.3 is 14.2 Å². The lowest BCUT2D eigenvalue weighted by Gasteiger charge is -2.12. The van der Waals surface area contributed by atoms with Crippen LogP contribution >= 0.6 is 0 Å². The first-order valence-corrected chi connectivity index (χ1v) is 12.6. The number of carbonyl (C=O) groups excluding carboxylic acids is 1. The summed E-state index contributed by atoms with van der Waals surface area (Å²) in [7, 11) is 0. The van der Waals surface area contributed by atoms with Crippen molar-refractivity contribution in [2.45, 2.75) is 72.3 Å². The van der Waals surface area contributed by atoms with Crippen LogP contribution in [-0.2, 0) is 16.1 Å². The van der Waals surface area contributed by atoms with Crippen LogP contribution in [0.1, 0.15) is 80.3 Å². The summed E-state index contributed by atoms with van der Waals surface area (Å²) < 4.78 is 17.3. The number of hydrogen-bond donors (Lipinski definition) is 0. The van der Waals surface area contributed by atoms with Crippen LogP contribution < -0.4 is 4.74 Å². The average molecular weight is 455 g/mol. The third kappa shape index (κ3) is 11.0. The summed E-state index contributed by atoms with van der Waals surface area (Å²) in [4.78, 5) is 12.4. The van der Waals surface area contributed by atoms with E-state index in [1.54, 1.807) is 0 Å². The van der Waals surface area contributed by atoms with E-state index in [4.69, 9.17) is 14.2 Å². The molecular weight excluding hydrogens is 412 g/mol. The summed E-state index contributed by atoms with van der Waals surface area (Å²) in [6, 6.07) is 16.1. The lowest BCUT2D eigenvalue weighted by Crippen LogP contribution is -2.11. The first kappa shape index (κ1) is 27.1. The molecule has 2 aromatic carbocycles. The van der Waals surface area contributed by atoms with Crippen LogP contribution in [0.4, 0.5) is 0 Å². The number of aryl methyl sites for hydroxylation is 1. The number of Topliss-reactive ketones (excluding diaryl/α,β-unsaturated/α-hetero) is 1. The van der Waals surface area contributed by atoms with Crippen molar-refractivity contribution < 1.29 is 19.0 Å². The van der Waals surface area contributed by atoms with Gasteiger partial charge in [-0.05, 0) is 81.2 Å². The van der Waals surface area contributed by atoms with Crippen molar-refractivity contribution in [1.29, 1.82) is 0 Å². The van der Waals surface area contributed by atoms with Gasteiger partial charge >= 0.3 is 0 Å². The van der Waals surface area contributed by atoms with E-state index in [1.165, 1.54) is 5.56 Å². The van der Waals surface area contributed by atoms with Crippen LogP contribution in [0.5, 0.6) is 5.75 Å². The van der Waals surface area contributed by atoms with Crippen molar-refractivity contribution in [2.75, 3.05) is 26.4 Å². The Hall–Kier alpha value is -2.17. The number of ether oxygens (including phenoxy) is 3. The molecule has 2 rings (SSSR count). The molecular formula is C29H42O4. The maximum absolute atomic E-state index is 12.4. The Morgan fingerprint density at radius 1 is 0.818 bits per heavy atom. The van der Waals surface area contributed by atoms with Gasteiger partial charge in [0.15, 0.2) is 5.78 Å². The van der Waals surface area contributed by atoms with Crippen LogP contribution in [0.2, 0.25) is 0 Å². The number of unbranched alkanes of at least 4 members (excludes halogenated alkanes) is 4. The minimum Gasteiger partial charge on any atom is -0.494 e. The van der Waals surface area contributed by atoms with Gasteiger partial charge in [0.1, 0.15) is 5.75 Å². The van der Waals surface area contributed by atoms with Crippen molar-refractivity contribution in [3.8, 4) is 5.75 Å². The highest BCUT2D eigenvalue weighted by atomic mass is 16.5. The maximum Gasteiger partial charge on any atom is 0.165 e. The zero-order valence-corrected chi connectivity index (χ0v) is 20.8. The summed E-state index contributed by atoms with van der Waals surface area (Å²) in [5.74, 6) is 1.13. The molecule has 0 aromatic heterocycles. The number of ketones is 1. The van der Waals surface area contributed by atoms with Gasteiger partial charge in [0.2, 0.25) is 0 Å². The van der Waals surface area contributed by atoms with Crippen LogP contribution in [-0.4, -0.2) is 32.2 Å². The zero-order chi connectivity index (χ0) is 23.7. The molecule has 0 amide bonds. The molecule has 0 fully saturated rings. The largest absolute Gasteiger partial charge is 0.494 e. The standard InChI is InChI=1S/C29H42O4/c1-4-24(2)29(30)28-17-16-27(22-25(28)3)33-21-13-7-11-19-31-18-10-6-12-20-32-23-26-14-8-5-9-15-26/h5,8-9,14-17,22,24H,4,6-7,10-13,18-21,23H2,1-3H3. The number of benzene rings is 2. The molecule has 2 aromatic rings. The van der Waals surface area contributed by atoms with Gasteiger partial charge in [-0.1, -0.05) is 44.2 Å². The summed E-state index contributed by atoms with van der Waals surface area (Å²) in [6.07, 6.45) is 7.34. The fraction of sp³-hybridized carbons (Fsp3) is 0.552. The topological polar surface area (TPSA) is 44.8 Å². The molecule has 0 spiro atoms. The minimum absolute atomic E-state index is 0.0663. The normalized spacial score (nSPS) is 12.0. The zero-order valence-electron chi connectivity index (χ0n) is 20.8. The van der Waals surface area contributed by atoms with Crippen molar-refractivity contribution >= 4 is 5.78 Å². The van der Waals surface area contributed by atoms with Gasteiger partial charge in [-0.25, -0.2) is 0 Å². The third-order valence-electron chi connectivity index (χ3n) is 5.91. The van der Waals surface area contributed by atoms with Gasteiger partial charge in [0.25, 0.3) is 0 Å². The summed E-state index contributed by atoms with van der Waals surface area (Å²) in [5.41, 5.74) is 3.04. The average Bonchev–Trinajstić information content (AvgIpc) is 2.84. The van der Waals surface area contributed by atoms with Gasteiger partial charge in [-0.2, -0.15) is 0 Å². The molecule has 0 N–H and O–H groups in total. The smallest absolute Gasteiger partial charge is 0.165 e. The molecule has 0 saturated carbocycles. The molecule has 0 bridgehead atoms. The summed E-state index contributed by atoms with van der Waals surface area (Å²) in [5, 5.41) is 0. The molecule has 0 aliphatic rings. The van der Waals surface area contributed by atoms with E-state index in [2.05, 4.69) is 12.1 Å². The molecule has 0 heterocycles. The van der Waals surface area contributed by atoms with E-state index in [0.29, 0.717) is 13.2 Å². The van der Waals surface area contributed by atoms with E-state index in [0.717, 1.165) is 81.6 Å². The highest BCUT2D eigenvalue weighted by molar-refractivity contribution is 5.99.